The molecule has 4 unspecified atom stereocenters. The van der Waals surface area contributed by atoms with Crippen molar-refractivity contribution >= 4 is 41.0 Å². The number of nitrogens with zero attached hydrogens (tertiary/aromatic N) is 4. The first-order valence-corrected chi connectivity index (χ1v) is 16.9. The summed E-state index contributed by atoms with van der Waals surface area (Å²) < 4.78 is 17.5. The molecule has 0 aromatic heterocycles. The molecule has 47 heavy (non-hydrogen) atoms. The molecule has 3 aromatic rings. The molecular weight excluding hydrogens is 639 g/mol. The molecule has 2 amide bonds. The Morgan fingerprint density at radius 3 is 2.19 bits per heavy atom. The standard InChI is InChI=1S/C36H40Cl2N4O5/c1-4-46-31-22-29(45-3)15-16-30(31)35-39-33(24-7-11-26(37)12-8-24)34(25-9-13-27(38)14-10-25)42(35)36(44)41-20-17-28(40-18-5-6-19-40)21-32(41)47-23(2)43/h7-16,22,28,32-34H,4-6,17-21H2,1-3H3. The zero-order valence-electron chi connectivity index (χ0n) is 26.9. The second-order valence-corrected chi connectivity index (χ2v) is 12.9. The fraction of sp³-hybridized carbons (Fsp3) is 0.417. The third-order valence-electron chi connectivity index (χ3n) is 9.15. The average Bonchev–Trinajstić information content (AvgIpc) is 3.74. The van der Waals surface area contributed by atoms with Gasteiger partial charge in [-0.05, 0) is 86.8 Å². The molecule has 6 rings (SSSR count). The van der Waals surface area contributed by atoms with E-state index in [1.165, 1.54) is 6.92 Å². The highest BCUT2D eigenvalue weighted by molar-refractivity contribution is 6.30. The number of carbonyl (C=O) groups is 2. The lowest BCUT2D eigenvalue weighted by molar-refractivity contribution is -0.158. The number of amidine groups is 1. The molecule has 248 valence electrons. The van der Waals surface area contributed by atoms with E-state index in [4.69, 9.17) is 42.4 Å². The fourth-order valence-corrected chi connectivity index (χ4v) is 7.20. The van der Waals surface area contributed by atoms with Crippen molar-refractivity contribution in [2.24, 2.45) is 4.99 Å². The van der Waals surface area contributed by atoms with Crippen LogP contribution in [0.5, 0.6) is 11.5 Å². The van der Waals surface area contributed by atoms with Crippen LogP contribution in [0.3, 0.4) is 0 Å². The number of halogens is 2. The molecule has 2 fully saturated rings. The molecule has 0 radical (unpaired) electrons. The topological polar surface area (TPSA) is 83.9 Å². The number of hydrogen-bond acceptors (Lipinski definition) is 7. The van der Waals surface area contributed by atoms with Crippen molar-refractivity contribution in [3.05, 3.63) is 93.5 Å². The van der Waals surface area contributed by atoms with Crippen LogP contribution in [0.2, 0.25) is 10.0 Å². The number of rotatable bonds is 8. The van der Waals surface area contributed by atoms with Crippen LogP contribution in [0.15, 0.2) is 71.7 Å². The lowest BCUT2D eigenvalue weighted by Gasteiger charge is -2.43. The number of likely N-dealkylation sites (tertiary alicyclic amines) is 2. The van der Waals surface area contributed by atoms with Gasteiger partial charge >= 0.3 is 12.0 Å². The number of ether oxygens (including phenoxy) is 3. The van der Waals surface area contributed by atoms with Gasteiger partial charge in [0.1, 0.15) is 23.4 Å². The van der Waals surface area contributed by atoms with Crippen molar-refractivity contribution < 1.29 is 23.8 Å². The largest absolute Gasteiger partial charge is 0.497 e. The summed E-state index contributed by atoms with van der Waals surface area (Å²) in [6.07, 6.45) is 2.92. The Hall–Kier alpha value is -3.79. The Bertz CT molecular complexity index is 1610. The third-order valence-corrected chi connectivity index (χ3v) is 9.66. The molecule has 2 saturated heterocycles. The highest BCUT2D eigenvalue weighted by Gasteiger charge is 2.47. The van der Waals surface area contributed by atoms with E-state index in [1.807, 2.05) is 67.6 Å². The van der Waals surface area contributed by atoms with Gasteiger partial charge in [-0.2, -0.15) is 0 Å². The molecule has 0 spiro atoms. The number of hydrogen-bond donors (Lipinski definition) is 0. The van der Waals surface area contributed by atoms with Gasteiger partial charge in [0.05, 0.1) is 25.3 Å². The predicted molar refractivity (Wildman–Crippen MR) is 182 cm³/mol. The van der Waals surface area contributed by atoms with Crippen LogP contribution in [-0.4, -0.2) is 78.2 Å². The van der Waals surface area contributed by atoms with Gasteiger partial charge in [-0.3, -0.25) is 19.6 Å². The summed E-state index contributed by atoms with van der Waals surface area (Å²) in [5, 5.41) is 1.19. The number of aliphatic imine (C=N–C) groups is 1. The molecule has 3 aliphatic heterocycles. The van der Waals surface area contributed by atoms with Crippen molar-refractivity contribution in [1.29, 1.82) is 0 Å². The summed E-state index contributed by atoms with van der Waals surface area (Å²) in [6.45, 7) is 6.18. The maximum atomic E-state index is 15.1. The third kappa shape index (κ3) is 7.08. The first kappa shape index (κ1) is 33.1. The van der Waals surface area contributed by atoms with E-state index in [9.17, 15) is 4.79 Å². The maximum absolute atomic E-state index is 15.1. The minimum Gasteiger partial charge on any atom is -0.497 e. The highest BCUT2D eigenvalue weighted by Crippen LogP contribution is 2.46. The molecule has 9 nitrogen and oxygen atoms in total. The quantitative estimate of drug-likeness (QED) is 0.229. The van der Waals surface area contributed by atoms with Gasteiger partial charge in [0.25, 0.3) is 0 Å². The van der Waals surface area contributed by atoms with Crippen molar-refractivity contribution in [3.63, 3.8) is 0 Å². The average molecular weight is 680 g/mol. The van der Waals surface area contributed by atoms with E-state index in [0.29, 0.717) is 52.5 Å². The molecule has 0 N–H and O–H groups in total. The monoisotopic (exact) mass is 678 g/mol. The number of urea groups is 1. The normalized spacial score (nSPS) is 23.0. The summed E-state index contributed by atoms with van der Waals surface area (Å²) in [5.74, 6) is 1.19. The van der Waals surface area contributed by atoms with Crippen molar-refractivity contribution in [3.8, 4) is 11.5 Å². The smallest absolute Gasteiger partial charge is 0.329 e. The summed E-state index contributed by atoms with van der Waals surface area (Å²) >= 11 is 12.6. The van der Waals surface area contributed by atoms with Crippen LogP contribution in [-0.2, 0) is 9.53 Å². The predicted octanol–water partition coefficient (Wildman–Crippen LogP) is 7.51. The zero-order chi connectivity index (χ0) is 33.1. The number of carbonyl (C=O) groups excluding carboxylic acids is 2. The van der Waals surface area contributed by atoms with Crippen molar-refractivity contribution in [2.75, 3.05) is 33.4 Å². The molecule has 0 saturated carbocycles. The van der Waals surface area contributed by atoms with E-state index in [1.54, 1.807) is 23.0 Å². The van der Waals surface area contributed by atoms with Gasteiger partial charge in [0.2, 0.25) is 0 Å². The van der Waals surface area contributed by atoms with E-state index in [-0.39, 0.29) is 12.1 Å². The summed E-state index contributed by atoms with van der Waals surface area (Å²) in [6, 6.07) is 19.4. The Balaban J connectivity index is 1.48. The molecule has 3 aliphatic rings. The number of piperidine rings is 1. The Morgan fingerprint density at radius 1 is 0.915 bits per heavy atom. The molecule has 4 atom stereocenters. The fourth-order valence-electron chi connectivity index (χ4n) is 6.95. The minimum absolute atomic E-state index is 0.234. The molecular formula is C36H40Cl2N4O5. The van der Waals surface area contributed by atoms with Gasteiger partial charge in [-0.25, -0.2) is 4.79 Å². The minimum atomic E-state index is -0.719. The van der Waals surface area contributed by atoms with E-state index in [0.717, 1.165) is 43.5 Å². The van der Waals surface area contributed by atoms with Crippen molar-refractivity contribution in [2.45, 2.75) is 63.9 Å². The van der Waals surface area contributed by atoms with Gasteiger partial charge in [-0.15, -0.1) is 0 Å². The summed E-state index contributed by atoms with van der Waals surface area (Å²) in [4.78, 5) is 38.7. The zero-order valence-corrected chi connectivity index (χ0v) is 28.4. The van der Waals surface area contributed by atoms with Crippen molar-refractivity contribution in [1.82, 2.24) is 14.7 Å². The SMILES string of the molecule is CCOc1cc(OC)ccc1C1=NC(c2ccc(Cl)cc2)C(c2ccc(Cl)cc2)N1C(=O)N1CCC(N2CCCC2)CC1OC(C)=O. The van der Waals surface area contributed by atoms with Crippen LogP contribution in [0, 0.1) is 0 Å². The van der Waals surface area contributed by atoms with Gasteiger partial charge in [0, 0.05) is 42.0 Å². The first-order valence-electron chi connectivity index (χ1n) is 16.2. The van der Waals surface area contributed by atoms with E-state index >= 15 is 4.79 Å². The molecule has 3 aromatic carbocycles. The van der Waals surface area contributed by atoms with Crippen LogP contribution in [0.1, 0.15) is 68.3 Å². The molecule has 0 aliphatic carbocycles. The maximum Gasteiger partial charge on any atom is 0.329 e. The van der Waals surface area contributed by atoms with Crippen LogP contribution in [0.25, 0.3) is 0 Å². The number of amides is 2. The highest BCUT2D eigenvalue weighted by atomic mass is 35.5. The summed E-state index contributed by atoms with van der Waals surface area (Å²) in [5.41, 5.74) is 2.38. The first-order chi connectivity index (χ1) is 22.8. The van der Waals surface area contributed by atoms with Gasteiger partial charge in [0.15, 0.2) is 6.23 Å². The number of esters is 1. The second kappa shape index (κ2) is 14.5. The van der Waals surface area contributed by atoms with E-state index < -0.39 is 24.3 Å². The molecule has 11 heteroatoms. The second-order valence-electron chi connectivity index (χ2n) is 12.1. The molecule has 3 heterocycles. The van der Waals surface area contributed by atoms with Crippen LogP contribution >= 0.6 is 23.2 Å². The van der Waals surface area contributed by atoms with Crippen LogP contribution < -0.4 is 9.47 Å². The Kier molecular flexibility index (Phi) is 10.2. The van der Waals surface area contributed by atoms with Gasteiger partial charge < -0.3 is 19.1 Å². The summed E-state index contributed by atoms with van der Waals surface area (Å²) in [7, 11) is 1.60. The Morgan fingerprint density at radius 2 is 1.57 bits per heavy atom. The number of benzene rings is 3. The number of methoxy groups -OCH3 is 1. The lowest BCUT2D eigenvalue weighted by Crippen LogP contribution is -2.57. The van der Waals surface area contributed by atoms with Gasteiger partial charge in [-0.1, -0.05) is 47.5 Å². The lowest BCUT2D eigenvalue weighted by atomic mass is 9.93. The molecule has 0 bridgehead atoms. The Labute approximate surface area is 286 Å². The van der Waals surface area contributed by atoms with Crippen LogP contribution in [0.4, 0.5) is 4.79 Å². The van der Waals surface area contributed by atoms with E-state index in [2.05, 4.69) is 4.90 Å².